The molecule has 0 bridgehead atoms. The number of aryl methyl sites for hydroxylation is 1. The number of carbonyl (C=O) groups is 3. The lowest BCUT2D eigenvalue weighted by atomic mass is 9.89. The number of aromatic nitrogens is 3. The summed E-state index contributed by atoms with van der Waals surface area (Å²) >= 11 is 0. The van der Waals surface area contributed by atoms with E-state index in [1.165, 1.54) is 0 Å². The van der Waals surface area contributed by atoms with Gasteiger partial charge in [-0.3, -0.25) is 19.3 Å². The molecule has 53 heavy (non-hydrogen) atoms. The molecule has 3 amide bonds. The first kappa shape index (κ1) is 36.6. The van der Waals surface area contributed by atoms with Crippen LogP contribution in [0.15, 0.2) is 53.5 Å². The van der Waals surface area contributed by atoms with Crippen LogP contribution in [0.25, 0.3) is 21.8 Å². The average Bonchev–Trinajstić information content (AvgIpc) is 3.60. The van der Waals surface area contributed by atoms with Crippen LogP contribution in [0.2, 0.25) is 0 Å². The van der Waals surface area contributed by atoms with Gasteiger partial charge in [0.15, 0.2) is 6.73 Å². The number of carbonyl (C=O) groups excluding carboxylic acids is 3. The Morgan fingerprint density at radius 2 is 1.66 bits per heavy atom. The highest BCUT2D eigenvalue weighted by Gasteiger charge is 2.34. The molecule has 4 aromatic rings. The van der Waals surface area contributed by atoms with Crippen LogP contribution in [-0.2, 0) is 27.5 Å². The molecule has 13 heteroatoms. The molecule has 0 saturated carbocycles. The second-order valence-electron chi connectivity index (χ2n) is 15.0. The van der Waals surface area contributed by atoms with Gasteiger partial charge >= 0.3 is 12.0 Å². The molecule has 0 unspecified atom stereocenters. The third-order valence-electron chi connectivity index (χ3n) is 11.5. The number of ether oxygens (including phenoxy) is 1. The van der Waals surface area contributed by atoms with Crippen LogP contribution in [0, 0.1) is 6.92 Å². The molecule has 3 aliphatic rings. The van der Waals surface area contributed by atoms with Crippen LogP contribution in [0.4, 0.5) is 4.79 Å². The Bertz CT molecular complexity index is 2000. The molecular formula is C40H52N8O5. The highest BCUT2D eigenvalue weighted by Crippen LogP contribution is 2.28. The molecule has 13 nitrogen and oxygen atoms in total. The smallest absolute Gasteiger partial charge is 0.318 e. The number of nitrogens with zero attached hydrogens (tertiary/aromatic N) is 6. The molecule has 282 valence electrons. The van der Waals surface area contributed by atoms with E-state index in [-0.39, 0.29) is 36.1 Å². The van der Waals surface area contributed by atoms with Crippen molar-refractivity contribution in [1.29, 1.82) is 0 Å². The molecule has 3 aliphatic heterocycles. The molecule has 2 aromatic carbocycles. The number of piperidine rings is 2. The Labute approximate surface area is 310 Å². The number of para-hydroxylation sites is 1. The van der Waals surface area contributed by atoms with Gasteiger partial charge in [0.1, 0.15) is 6.04 Å². The second-order valence-corrected chi connectivity index (χ2v) is 15.0. The fourth-order valence-electron chi connectivity index (χ4n) is 8.40. The van der Waals surface area contributed by atoms with Crippen molar-refractivity contribution in [3.8, 4) is 0 Å². The summed E-state index contributed by atoms with van der Waals surface area (Å²) in [6, 6.07) is 13.3. The van der Waals surface area contributed by atoms with E-state index in [4.69, 9.17) is 4.74 Å². The average molecular weight is 725 g/mol. The molecular weight excluding hydrogens is 672 g/mol. The minimum absolute atomic E-state index is 0.0308. The number of piperazine rings is 1. The molecule has 1 atom stereocenters. The molecule has 3 saturated heterocycles. The van der Waals surface area contributed by atoms with Gasteiger partial charge in [-0.25, -0.2) is 9.48 Å². The number of rotatable bonds is 9. The number of hydrogen-bond donors (Lipinski definition) is 2. The Hall–Kier alpha value is -4.75. The van der Waals surface area contributed by atoms with Crippen molar-refractivity contribution in [3.05, 3.63) is 75.7 Å². The fraction of sp³-hybridized carbons (Fsp3) is 0.525. The van der Waals surface area contributed by atoms with Crippen molar-refractivity contribution < 1.29 is 19.1 Å². The van der Waals surface area contributed by atoms with Crippen LogP contribution < -0.4 is 10.9 Å². The monoisotopic (exact) mass is 724 g/mol. The minimum Gasteiger partial charge on any atom is -0.442 e. The van der Waals surface area contributed by atoms with E-state index in [1.54, 1.807) is 22.7 Å². The minimum atomic E-state index is -0.754. The number of pyridine rings is 1. The van der Waals surface area contributed by atoms with E-state index in [9.17, 15) is 19.2 Å². The molecule has 3 fully saturated rings. The van der Waals surface area contributed by atoms with E-state index in [0.717, 1.165) is 77.5 Å². The summed E-state index contributed by atoms with van der Waals surface area (Å²) in [6.45, 7) is 9.86. The number of nitrogens with one attached hydrogen (secondary N) is 2. The number of urea groups is 1. The van der Waals surface area contributed by atoms with E-state index in [1.807, 2.05) is 54.3 Å². The van der Waals surface area contributed by atoms with E-state index >= 15 is 0 Å². The molecule has 0 spiro atoms. The predicted molar refractivity (Wildman–Crippen MR) is 204 cm³/mol. The number of likely N-dealkylation sites (tertiary alicyclic amines) is 2. The normalized spacial score (nSPS) is 18.8. The van der Waals surface area contributed by atoms with Crippen molar-refractivity contribution in [2.24, 2.45) is 0 Å². The molecule has 0 radical (unpaired) electrons. The molecule has 0 aliphatic carbocycles. The number of benzene rings is 2. The van der Waals surface area contributed by atoms with Gasteiger partial charge in [-0.15, -0.1) is 0 Å². The SMILES string of the molecule is CCC(=O)OCn1ncc2cc(C[C@@H](NC(=O)N3CCC(c4cc5ccccc5[nH]c4=O)CC3)C(=O)N3CCN(C4CCN(C)CC4)CC3)cc(C)c21. The van der Waals surface area contributed by atoms with Crippen LogP contribution in [0.1, 0.15) is 61.6 Å². The number of aromatic amines is 1. The van der Waals surface area contributed by atoms with Crippen molar-refractivity contribution in [2.45, 2.75) is 77.1 Å². The Morgan fingerprint density at radius 1 is 0.925 bits per heavy atom. The quantitative estimate of drug-likeness (QED) is 0.249. The highest BCUT2D eigenvalue weighted by atomic mass is 16.5. The van der Waals surface area contributed by atoms with Crippen molar-refractivity contribution in [3.63, 3.8) is 0 Å². The Balaban J connectivity index is 1.05. The van der Waals surface area contributed by atoms with Crippen LogP contribution in [-0.4, -0.2) is 124 Å². The lowest BCUT2D eigenvalue weighted by Crippen LogP contribution is -2.59. The lowest BCUT2D eigenvalue weighted by Gasteiger charge is -2.43. The van der Waals surface area contributed by atoms with Crippen molar-refractivity contribution >= 4 is 39.7 Å². The van der Waals surface area contributed by atoms with E-state index in [2.05, 4.69) is 32.2 Å². The maximum Gasteiger partial charge on any atom is 0.318 e. The van der Waals surface area contributed by atoms with E-state index < -0.39 is 6.04 Å². The van der Waals surface area contributed by atoms with Crippen LogP contribution in [0.3, 0.4) is 0 Å². The zero-order valence-corrected chi connectivity index (χ0v) is 31.2. The van der Waals surface area contributed by atoms with Gasteiger partial charge in [0.25, 0.3) is 5.56 Å². The zero-order chi connectivity index (χ0) is 37.1. The van der Waals surface area contributed by atoms with Gasteiger partial charge in [0, 0.05) is 74.6 Å². The zero-order valence-electron chi connectivity index (χ0n) is 31.2. The standard InChI is InChI=1S/C40H52N8O5/c1-4-36(49)53-26-48-37-27(2)21-28(22-31(37)25-41-48)23-35(39(51)46-19-17-45(18-20-46)32-11-13-44(3)14-12-32)43-40(52)47-15-9-29(10-16-47)33-24-30-7-5-6-8-34(30)42-38(33)50/h5-8,21-22,24-25,29,32,35H,4,9-20,23,26H2,1-3H3,(H,42,50)(H,43,52)/t35-/m1/s1. The van der Waals surface area contributed by atoms with Crippen LogP contribution in [0.5, 0.6) is 0 Å². The largest absolute Gasteiger partial charge is 0.442 e. The van der Waals surface area contributed by atoms with Gasteiger partial charge in [0.05, 0.1) is 11.7 Å². The fourth-order valence-corrected chi connectivity index (χ4v) is 8.40. The first-order chi connectivity index (χ1) is 25.7. The second kappa shape index (κ2) is 16.1. The van der Waals surface area contributed by atoms with Gasteiger partial charge in [-0.1, -0.05) is 31.2 Å². The van der Waals surface area contributed by atoms with Gasteiger partial charge in [-0.2, -0.15) is 5.10 Å². The summed E-state index contributed by atoms with van der Waals surface area (Å²) in [5, 5.41) is 9.48. The number of H-pyrrole nitrogens is 1. The molecule has 7 rings (SSSR count). The van der Waals surface area contributed by atoms with Crippen LogP contribution >= 0.6 is 0 Å². The first-order valence-corrected chi connectivity index (χ1v) is 19.2. The summed E-state index contributed by atoms with van der Waals surface area (Å²) in [7, 11) is 2.17. The number of hydrogen-bond acceptors (Lipinski definition) is 8. The first-order valence-electron chi connectivity index (χ1n) is 19.2. The lowest BCUT2D eigenvalue weighted by molar-refractivity contribution is -0.147. The predicted octanol–water partition coefficient (Wildman–Crippen LogP) is 3.84. The van der Waals surface area contributed by atoms with Crippen molar-refractivity contribution in [1.82, 2.24) is 39.7 Å². The molecule has 2 N–H and O–H groups in total. The summed E-state index contributed by atoms with van der Waals surface area (Å²) in [6.07, 6.45) is 5.99. The summed E-state index contributed by atoms with van der Waals surface area (Å²) in [5.74, 6) is -0.315. The Morgan fingerprint density at radius 3 is 2.40 bits per heavy atom. The third-order valence-corrected chi connectivity index (χ3v) is 11.5. The Kier molecular flexibility index (Phi) is 11.1. The van der Waals surface area contributed by atoms with Crippen molar-refractivity contribution in [2.75, 3.05) is 59.4 Å². The van der Waals surface area contributed by atoms with Gasteiger partial charge in [-0.05, 0) is 93.4 Å². The molecule has 5 heterocycles. The summed E-state index contributed by atoms with van der Waals surface area (Å²) in [5.41, 5.74) is 4.22. The van der Waals surface area contributed by atoms with E-state index in [0.29, 0.717) is 57.9 Å². The topological polar surface area (TPSA) is 136 Å². The summed E-state index contributed by atoms with van der Waals surface area (Å²) in [4.78, 5) is 64.6. The van der Waals surface area contributed by atoms with Gasteiger partial charge in [0.2, 0.25) is 5.91 Å². The maximum atomic E-state index is 14.3. The van der Waals surface area contributed by atoms with Gasteiger partial charge < -0.3 is 29.7 Å². The molecule has 2 aromatic heterocycles. The number of fused-ring (bicyclic) bond motifs is 2. The number of esters is 1. The third kappa shape index (κ3) is 8.26. The maximum absolute atomic E-state index is 14.3. The highest BCUT2D eigenvalue weighted by molar-refractivity contribution is 5.88. The summed E-state index contributed by atoms with van der Waals surface area (Å²) < 4.78 is 7.01. The number of amides is 3.